The molecule has 0 radical (unpaired) electrons. The minimum absolute atomic E-state index is 0. The molecule has 1 aliphatic rings. The SMILES string of the molecule is CNC1CCCN(C(=O)c2cccnc2Cl)C1.Cl. The van der Waals surface area contributed by atoms with Crippen molar-refractivity contribution in [1.29, 1.82) is 0 Å². The minimum Gasteiger partial charge on any atom is -0.337 e. The molecule has 1 fully saturated rings. The van der Waals surface area contributed by atoms with E-state index < -0.39 is 0 Å². The molecule has 0 bridgehead atoms. The van der Waals surface area contributed by atoms with Gasteiger partial charge in [0.05, 0.1) is 5.56 Å². The highest BCUT2D eigenvalue weighted by Crippen LogP contribution is 2.17. The highest BCUT2D eigenvalue weighted by molar-refractivity contribution is 6.32. The molecule has 2 rings (SSSR count). The third-order valence-electron chi connectivity index (χ3n) is 3.11. The normalized spacial score (nSPS) is 19.2. The quantitative estimate of drug-likeness (QED) is 0.847. The Morgan fingerprint density at radius 2 is 2.39 bits per heavy atom. The summed E-state index contributed by atoms with van der Waals surface area (Å²) in [6.45, 7) is 1.53. The number of carbonyl (C=O) groups excluding carboxylic acids is 1. The van der Waals surface area contributed by atoms with E-state index in [9.17, 15) is 4.79 Å². The number of nitrogens with zero attached hydrogens (tertiary/aromatic N) is 2. The molecule has 0 aliphatic carbocycles. The monoisotopic (exact) mass is 289 g/mol. The van der Waals surface area contributed by atoms with Gasteiger partial charge in [-0.05, 0) is 32.0 Å². The molecule has 1 aromatic rings. The fourth-order valence-corrected chi connectivity index (χ4v) is 2.31. The Kier molecular flexibility index (Phi) is 5.85. The molecular weight excluding hydrogens is 273 g/mol. The first-order chi connectivity index (χ1) is 8.22. The van der Waals surface area contributed by atoms with Crippen LogP contribution in [0, 0.1) is 0 Å². The molecule has 100 valence electrons. The highest BCUT2D eigenvalue weighted by Gasteiger charge is 2.24. The maximum absolute atomic E-state index is 12.3. The highest BCUT2D eigenvalue weighted by atomic mass is 35.5. The van der Waals surface area contributed by atoms with Gasteiger partial charge >= 0.3 is 0 Å². The number of piperidine rings is 1. The van der Waals surface area contributed by atoms with Crippen molar-refractivity contribution >= 4 is 29.9 Å². The van der Waals surface area contributed by atoms with Crippen molar-refractivity contribution in [2.45, 2.75) is 18.9 Å². The van der Waals surface area contributed by atoms with Gasteiger partial charge < -0.3 is 10.2 Å². The summed E-state index contributed by atoms with van der Waals surface area (Å²) < 4.78 is 0. The Morgan fingerprint density at radius 1 is 1.61 bits per heavy atom. The maximum Gasteiger partial charge on any atom is 0.257 e. The van der Waals surface area contributed by atoms with Crippen LogP contribution in [0.2, 0.25) is 5.15 Å². The van der Waals surface area contributed by atoms with Gasteiger partial charge in [0.2, 0.25) is 0 Å². The Labute approximate surface area is 118 Å². The number of nitrogens with one attached hydrogen (secondary N) is 1. The number of pyridine rings is 1. The van der Waals surface area contributed by atoms with Crippen molar-refractivity contribution in [2.24, 2.45) is 0 Å². The summed E-state index contributed by atoms with van der Waals surface area (Å²) in [5, 5.41) is 3.49. The first kappa shape index (κ1) is 15.2. The maximum atomic E-state index is 12.3. The van der Waals surface area contributed by atoms with E-state index in [4.69, 9.17) is 11.6 Å². The molecule has 1 saturated heterocycles. The topological polar surface area (TPSA) is 45.2 Å². The van der Waals surface area contributed by atoms with Gasteiger partial charge in [0, 0.05) is 25.3 Å². The predicted molar refractivity (Wildman–Crippen MR) is 74.5 cm³/mol. The molecule has 2 heterocycles. The van der Waals surface area contributed by atoms with E-state index in [1.165, 1.54) is 0 Å². The first-order valence-corrected chi connectivity index (χ1v) is 6.17. The van der Waals surface area contributed by atoms with Crippen LogP contribution >= 0.6 is 24.0 Å². The van der Waals surface area contributed by atoms with Gasteiger partial charge in [-0.1, -0.05) is 11.6 Å². The molecule has 18 heavy (non-hydrogen) atoms. The summed E-state index contributed by atoms with van der Waals surface area (Å²) in [5.74, 6) is -0.0250. The van der Waals surface area contributed by atoms with Crippen molar-refractivity contribution in [3.63, 3.8) is 0 Å². The van der Waals surface area contributed by atoms with E-state index in [2.05, 4.69) is 10.3 Å². The number of amides is 1. The summed E-state index contributed by atoms with van der Waals surface area (Å²) >= 11 is 5.93. The third-order valence-corrected chi connectivity index (χ3v) is 3.41. The molecular formula is C12H17Cl2N3O. The molecule has 1 unspecified atom stereocenters. The molecule has 0 aromatic carbocycles. The van der Waals surface area contributed by atoms with Gasteiger partial charge in [-0.15, -0.1) is 12.4 Å². The van der Waals surface area contributed by atoms with Crippen LogP contribution in [0.25, 0.3) is 0 Å². The lowest BCUT2D eigenvalue weighted by atomic mass is 10.1. The van der Waals surface area contributed by atoms with Gasteiger partial charge in [0.15, 0.2) is 0 Å². The molecule has 4 nitrogen and oxygen atoms in total. The summed E-state index contributed by atoms with van der Waals surface area (Å²) in [5.41, 5.74) is 0.492. The number of carbonyl (C=O) groups is 1. The van der Waals surface area contributed by atoms with E-state index in [0.717, 1.165) is 25.9 Å². The second-order valence-electron chi connectivity index (χ2n) is 4.22. The van der Waals surface area contributed by atoms with E-state index in [1.807, 2.05) is 11.9 Å². The molecule has 1 amide bonds. The molecule has 1 aromatic heterocycles. The number of aromatic nitrogens is 1. The molecule has 1 aliphatic heterocycles. The zero-order chi connectivity index (χ0) is 12.3. The molecule has 0 spiro atoms. The van der Waals surface area contributed by atoms with Crippen molar-refractivity contribution < 1.29 is 4.79 Å². The van der Waals surface area contributed by atoms with Crippen molar-refractivity contribution in [1.82, 2.24) is 15.2 Å². The summed E-state index contributed by atoms with van der Waals surface area (Å²) in [6, 6.07) is 3.84. The number of likely N-dealkylation sites (N-methyl/N-ethyl adjacent to an activating group) is 1. The minimum atomic E-state index is -0.0250. The van der Waals surface area contributed by atoms with Gasteiger partial charge in [-0.3, -0.25) is 4.79 Å². The average Bonchev–Trinajstić information content (AvgIpc) is 2.38. The smallest absolute Gasteiger partial charge is 0.257 e. The number of likely N-dealkylation sites (tertiary alicyclic amines) is 1. The fourth-order valence-electron chi connectivity index (χ4n) is 2.11. The summed E-state index contributed by atoms with van der Waals surface area (Å²) in [7, 11) is 1.93. The van der Waals surface area contributed by atoms with Crippen LogP contribution < -0.4 is 5.32 Å². The van der Waals surface area contributed by atoms with Crippen molar-refractivity contribution in [3.8, 4) is 0 Å². The van der Waals surface area contributed by atoms with Crippen molar-refractivity contribution in [2.75, 3.05) is 20.1 Å². The lowest BCUT2D eigenvalue weighted by Gasteiger charge is -2.32. The largest absolute Gasteiger partial charge is 0.337 e. The Hall–Kier alpha value is -0.840. The molecule has 0 saturated carbocycles. The number of rotatable bonds is 2. The predicted octanol–water partition coefficient (Wildman–Crippen LogP) is 1.98. The Morgan fingerprint density at radius 3 is 3.06 bits per heavy atom. The van der Waals surface area contributed by atoms with Crippen LogP contribution in [-0.4, -0.2) is 42.0 Å². The second-order valence-corrected chi connectivity index (χ2v) is 4.58. The van der Waals surface area contributed by atoms with E-state index in [-0.39, 0.29) is 23.5 Å². The van der Waals surface area contributed by atoms with Crippen LogP contribution in [0.15, 0.2) is 18.3 Å². The van der Waals surface area contributed by atoms with E-state index in [1.54, 1.807) is 18.3 Å². The first-order valence-electron chi connectivity index (χ1n) is 5.79. The molecule has 1 N–H and O–H groups in total. The van der Waals surface area contributed by atoms with E-state index >= 15 is 0 Å². The molecule has 1 atom stereocenters. The summed E-state index contributed by atoms with van der Waals surface area (Å²) in [4.78, 5) is 18.0. The van der Waals surface area contributed by atoms with E-state index in [0.29, 0.717) is 11.6 Å². The fraction of sp³-hybridized carbons (Fsp3) is 0.500. The second kappa shape index (κ2) is 6.92. The van der Waals surface area contributed by atoms with Crippen LogP contribution in [0.4, 0.5) is 0 Å². The lowest BCUT2D eigenvalue weighted by molar-refractivity contribution is 0.0698. The average molecular weight is 290 g/mol. The zero-order valence-corrected chi connectivity index (χ0v) is 11.8. The standard InChI is InChI=1S/C12H16ClN3O.ClH/c1-14-9-4-3-7-16(8-9)12(17)10-5-2-6-15-11(10)13;/h2,5-6,9,14H,3-4,7-8H2,1H3;1H. The van der Waals surface area contributed by atoms with Crippen molar-refractivity contribution in [3.05, 3.63) is 29.0 Å². The third kappa shape index (κ3) is 3.34. The van der Waals surface area contributed by atoms with Crippen LogP contribution in [-0.2, 0) is 0 Å². The number of hydrogen-bond acceptors (Lipinski definition) is 3. The van der Waals surface area contributed by atoms with Crippen LogP contribution in [0.5, 0.6) is 0 Å². The zero-order valence-electron chi connectivity index (χ0n) is 10.2. The number of halogens is 2. The molecule has 6 heteroatoms. The van der Waals surface area contributed by atoms with Crippen LogP contribution in [0.3, 0.4) is 0 Å². The van der Waals surface area contributed by atoms with Gasteiger partial charge in [0.1, 0.15) is 5.15 Å². The van der Waals surface area contributed by atoms with Gasteiger partial charge in [-0.25, -0.2) is 4.98 Å². The Bertz CT molecular complexity index is 414. The Balaban J connectivity index is 0.00000162. The summed E-state index contributed by atoms with van der Waals surface area (Å²) in [6.07, 6.45) is 3.72. The van der Waals surface area contributed by atoms with Gasteiger partial charge in [0.25, 0.3) is 5.91 Å². The number of hydrogen-bond donors (Lipinski definition) is 1. The van der Waals surface area contributed by atoms with Gasteiger partial charge in [-0.2, -0.15) is 0 Å². The van der Waals surface area contributed by atoms with Crippen LogP contribution in [0.1, 0.15) is 23.2 Å². The lowest BCUT2D eigenvalue weighted by Crippen LogP contribution is -2.47.